The molecule has 154 valence electrons. The second kappa shape index (κ2) is 10.2. The van der Waals surface area contributed by atoms with E-state index in [0.29, 0.717) is 18.8 Å². The quantitative estimate of drug-likeness (QED) is 0.324. The summed E-state index contributed by atoms with van der Waals surface area (Å²) in [5.74, 6) is 0.0429. The van der Waals surface area contributed by atoms with Gasteiger partial charge in [-0.05, 0) is 49.7 Å². The van der Waals surface area contributed by atoms with E-state index in [1.165, 1.54) is 17.1 Å². The molecular formula is C22H29FN6. The van der Waals surface area contributed by atoms with Crippen LogP contribution in [0, 0.1) is 16.8 Å². The van der Waals surface area contributed by atoms with Crippen molar-refractivity contribution in [3.8, 4) is 0 Å². The van der Waals surface area contributed by atoms with Gasteiger partial charge in [-0.1, -0.05) is 47.7 Å². The molecule has 3 rings (SSSR count). The maximum Gasteiger partial charge on any atom is 0.137 e. The van der Waals surface area contributed by atoms with E-state index in [4.69, 9.17) is 10.9 Å². The van der Waals surface area contributed by atoms with Crippen LogP contribution >= 0.6 is 0 Å². The first kappa shape index (κ1) is 21.1. The van der Waals surface area contributed by atoms with E-state index in [1.54, 1.807) is 12.1 Å². The van der Waals surface area contributed by atoms with Gasteiger partial charge in [-0.3, -0.25) is 10.3 Å². The maximum atomic E-state index is 13.4. The minimum atomic E-state index is -0.261. The Labute approximate surface area is 171 Å². The molecule has 2 aromatic carbocycles. The number of benzene rings is 2. The third-order valence-corrected chi connectivity index (χ3v) is 5.43. The Hall–Kier alpha value is -2.64. The second-order valence-electron chi connectivity index (χ2n) is 7.57. The van der Waals surface area contributed by atoms with Crippen molar-refractivity contribution in [3.63, 3.8) is 0 Å². The molecule has 0 saturated carbocycles. The van der Waals surface area contributed by atoms with Crippen LogP contribution in [-0.2, 0) is 13.0 Å². The Morgan fingerprint density at radius 3 is 2.45 bits per heavy atom. The molecule has 0 amide bonds. The van der Waals surface area contributed by atoms with Crippen LogP contribution in [0.5, 0.6) is 0 Å². The number of hydrogen-bond donors (Lipinski definition) is 2. The van der Waals surface area contributed by atoms with Crippen molar-refractivity contribution in [1.82, 2.24) is 14.8 Å². The molecule has 0 spiro atoms. The molecule has 6 nitrogen and oxygen atoms in total. The molecule has 29 heavy (non-hydrogen) atoms. The summed E-state index contributed by atoms with van der Waals surface area (Å²) in [5.41, 5.74) is 9.64. The molecule has 1 atom stereocenters. The van der Waals surface area contributed by atoms with E-state index in [2.05, 4.69) is 22.1 Å². The van der Waals surface area contributed by atoms with Gasteiger partial charge in [0.2, 0.25) is 0 Å². The third kappa shape index (κ3) is 5.92. The van der Waals surface area contributed by atoms with Gasteiger partial charge in [0.15, 0.2) is 0 Å². The molecule has 2 aromatic rings. The first-order chi connectivity index (χ1) is 14.1. The lowest BCUT2D eigenvalue weighted by atomic mass is 10.0. The summed E-state index contributed by atoms with van der Waals surface area (Å²) in [7, 11) is 2.12. The molecule has 0 aromatic heterocycles. The lowest BCUT2D eigenvalue weighted by Crippen LogP contribution is -2.49. The first-order valence-corrected chi connectivity index (χ1v) is 10.0. The van der Waals surface area contributed by atoms with Crippen molar-refractivity contribution in [2.75, 3.05) is 33.2 Å². The highest BCUT2D eigenvalue weighted by molar-refractivity contribution is 5.84. The van der Waals surface area contributed by atoms with Gasteiger partial charge in [0.1, 0.15) is 11.7 Å². The summed E-state index contributed by atoms with van der Waals surface area (Å²) in [6.45, 7) is 4.09. The lowest BCUT2D eigenvalue weighted by molar-refractivity contribution is 0.224. The van der Waals surface area contributed by atoms with E-state index in [1.807, 2.05) is 30.3 Å². The predicted octanol–water partition coefficient (Wildman–Crippen LogP) is 3.80. The summed E-state index contributed by atoms with van der Waals surface area (Å²) in [6.07, 6.45) is 1.62. The van der Waals surface area contributed by atoms with Crippen LogP contribution in [0.25, 0.3) is 0 Å². The Morgan fingerprint density at radius 1 is 1.03 bits per heavy atom. The van der Waals surface area contributed by atoms with Crippen molar-refractivity contribution in [3.05, 3.63) is 71.5 Å². The zero-order chi connectivity index (χ0) is 20.6. The fourth-order valence-corrected chi connectivity index (χ4v) is 3.72. The standard InChI is InChI=1S/C22H29FN6/c1-27-12-5-13-28(15-14-27)21(16-18-8-10-20(23)11-9-18)22(24)29(26-25)17-19-6-3-2-4-7-19/h2-4,6-11,21,24-25H,5,12-17H2,1H3. The predicted molar refractivity (Wildman–Crippen MR) is 112 cm³/mol. The fourth-order valence-electron chi connectivity index (χ4n) is 3.72. The molecule has 0 bridgehead atoms. The van der Waals surface area contributed by atoms with E-state index in [0.717, 1.165) is 43.7 Å². The van der Waals surface area contributed by atoms with Gasteiger partial charge in [0, 0.05) is 19.6 Å². The summed E-state index contributed by atoms with van der Waals surface area (Å²) >= 11 is 0. The highest BCUT2D eigenvalue weighted by Crippen LogP contribution is 2.17. The van der Waals surface area contributed by atoms with E-state index < -0.39 is 0 Å². The number of likely N-dealkylation sites (N-methyl/N-ethyl adjacent to an activating group) is 1. The number of rotatable bonds is 7. The number of nitrogens with one attached hydrogen (secondary N) is 2. The zero-order valence-electron chi connectivity index (χ0n) is 16.9. The minimum absolute atomic E-state index is 0.218. The summed E-state index contributed by atoms with van der Waals surface area (Å²) in [6, 6.07) is 16.0. The first-order valence-electron chi connectivity index (χ1n) is 10.0. The molecule has 1 saturated heterocycles. The molecule has 0 radical (unpaired) electrons. The summed E-state index contributed by atoms with van der Waals surface area (Å²) in [5, 5.41) is 14.0. The Morgan fingerprint density at radius 2 is 1.76 bits per heavy atom. The Kier molecular flexibility index (Phi) is 7.43. The second-order valence-corrected chi connectivity index (χ2v) is 7.57. The maximum absolute atomic E-state index is 13.4. The monoisotopic (exact) mass is 396 g/mol. The average molecular weight is 397 g/mol. The van der Waals surface area contributed by atoms with Crippen molar-refractivity contribution in [2.45, 2.75) is 25.4 Å². The number of amidine groups is 1. The lowest BCUT2D eigenvalue weighted by Gasteiger charge is -2.34. The van der Waals surface area contributed by atoms with Crippen LogP contribution < -0.4 is 0 Å². The third-order valence-electron chi connectivity index (χ3n) is 5.43. The molecule has 0 aliphatic carbocycles. The van der Waals surface area contributed by atoms with Crippen LogP contribution in [0.4, 0.5) is 4.39 Å². The van der Waals surface area contributed by atoms with Gasteiger partial charge in [-0.15, -0.1) is 0 Å². The van der Waals surface area contributed by atoms with Gasteiger partial charge in [0.25, 0.3) is 0 Å². The number of hydrogen-bond acceptors (Lipinski definition) is 5. The van der Waals surface area contributed by atoms with Crippen molar-refractivity contribution < 1.29 is 4.39 Å². The normalized spacial score (nSPS) is 16.8. The average Bonchev–Trinajstić information content (AvgIpc) is 2.96. The van der Waals surface area contributed by atoms with Crippen LogP contribution in [0.1, 0.15) is 17.5 Å². The molecule has 1 fully saturated rings. The van der Waals surface area contributed by atoms with Crippen LogP contribution in [0.2, 0.25) is 0 Å². The highest BCUT2D eigenvalue weighted by atomic mass is 19.1. The van der Waals surface area contributed by atoms with E-state index in [-0.39, 0.29) is 11.9 Å². The minimum Gasteiger partial charge on any atom is -0.305 e. The molecule has 1 heterocycles. The molecule has 1 unspecified atom stereocenters. The van der Waals surface area contributed by atoms with Gasteiger partial charge in [-0.25, -0.2) is 9.40 Å². The van der Waals surface area contributed by atoms with Gasteiger partial charge >= 0.3 is 0 Å². The van der Waals surface area contributed by atoms with Gasteiger partial charge < -0.3 is 4.90 Å². The van der Waals surface area contributed by atoms with Gasteiger partial charge in [-0.2, -0.15) is 5.53 Å². The van der Waals surface area contributed by atoms with Crippen LogP contribution in [-0.4, -0.2) is 59.9 Å². The van der Waals surface area contributed by atoms with Crippen molar-refractivity contribution >= 4 is 5.84 Å². The summed E-state index contributed by atoms with van der Waals surface area (Å²) < 4.78 is 13.4. The van der Waals surface area contributed by atoms with Crippen LogP contribution in [0.3, 0.4) is 0 Å². The Bertz CT molecular complexity index is 795. The largest absolute Gasteiger partial charge is 0.305 e. The molecule has 1 aliphatic heterocycles. The topological polar surface area (TPSA) is 69.8 Å². The smallest absolute Gasteiger partial charge is 0.137 e. The number of nitrogens with zero attached hydrogens (tertiary/aromatic N) is 4. The van der Waals surface area contributed by atoms with Crippen molar-refractivity contribution in [1.29, 1.82) is 10.9 Å². The SMILES string of the molecule is CN1CCCN(C(Cc2ccc(F)cc2)C(=N)N(Cc2ccccc2)N=N)CC1. The molecule has 1 aliphatic rings. The Balaban J connectivity index is 1.82. The highest BCUT2D eigenvalue weighted by Gasteiger charge is 2.28. The van der Waals surface area contributed by atoms with Crippen LogP contribution in [0.15, 0.2) is 59.8 Å². The van der Waals surface area contributed by atoms with E-state index in [9.17, 15) is 4.39 Å². The van der Waals surface area contributed by atoms with Gasteiger partial charge in [0.05, 0.1) is 12.6 Å². The summed E-state index contributed by atoms with van der Waals surface area (Å²) in [4.78, 5) is 4.60. The number of halogens is 1. The van der Waals surface area contributed by atoms with Crippen molar-refractivity contribution in [2.24, 2.45) is 5.22 Å². The fraction of sp³-hybridized carbons (Fsp3) is 0.409. The molecular weight excluding hydrogens is 367 g/mol. The van der Waals surface area contributed by atoms with E-state index >= 15 is 0 Å². The molecule has 7 heteroatoms. The molecule has 2 N–H and O–H groups in total. The zero-order valence-corrected chi connectivity index (χ0v) is 16.9.